The van der Waals surface area contributed by atoms with Crippen molar-refractivity contribution in [2.75, 3.05) is 26.4 Å². The number of hydrogen-bond donors (Lipinski definition) is 0. The molecule has 2 saturated heterocycles. The summed E-state index contributed by atoms with van der Waals surface area (Å²) in [5.41, 5.74) is 0.390. The fraction of sp³-hybridized carbons (Fsp3) is 0.345. The summed E-state index contributed by atoms with van der Waals surface area (Å²) in [6.45, 7) is 1.15. The fourth-order valence-corrected chi connectivity index (χ4v) is 5.74. The van der Waals surface area contributed by atoms with Crippen LogP contribution in [-0.4, -0.2) is 66.9 Å². The fourth-order valence-electron chi connectivity index (χ4n) is 5.74. The van der Waals surface area contributed by atoms with Gasteiger partial charge in [-0.1, -0.05) is 12.1 Å². The summed E-state index contributed by atoms with van der Waals surface area (Å²) in [5, 5.41) is 0. The minimum Gasteiger partial charge on any atom is -0.381 e. The van der Waals surface area contributed by atoms with Gasteiger partial charge in [0.25, 0.3) is 0 Å². The third kappa shape index (κ3) is 3.65. The van der Waals surface area contributed by atoms with Crippen LogP contribution in [-0.2, 0) is 19.1 Å². The minimum absolute atomic E-state index is 0.00923. The predicted molar refractivity (Wildman–Crippen MR) is 128 cm³/mol. The minimum atomic E-state index is -1.43. The van der Waals surface area contributed by atoms with Gasteiger partial charge in [-0.25, -0.2) is 0 Å². The number of Topliss-reactive ketones (excluding diaryl/α,β-unsaturated/α-hetero) is 6. The van der Waals surface area contributed by atoms with Crippen molar-refractivity contribution in [3.8, 4) is 0 Å². The van der Waals surface area contributed by atoms with Gasteiger partial charge in [0.15, 0.2) is 40.5 Å². The summed E-state index contributed by atoms with van der Waals surface area (Å²) >= 11 is 0. The van der Waals surface area contributed by atoms with Crippen LogP contribution < -0.4 is 0 Å². The van der Waals surface area contributed by atoms with Crippen molar-refractivity contribution in [1.82, 2.24) is 0 Å². The van der Waals surface area contributed by atoms with Gasteiger partial charge in [-0.05, 0) is 37.1 Å². The van der Waals surface area contributed by atoms with Crippen LogP contribution in [0.15, 0.2) is 36.4 Å². The molecule has 0 aromatic heterocycles. The van der Waals surface area contributed by atoms with Gasteiger partial charge in [0, 0.05) is 58.4 Å². The van der Waals surface area contributed by atoms with E-state index < -0.39 is 64.2 Å². The van der Waals surface area contributed by atoms with E-state index >= 15 is 0 Å². The highest BCUT2D eigenvalue weighted by Crippen LogP contribution is 2.34. The molecule has 0 N–H and O–H groups in total. The Morgan fingerprint density at radius 2 is 0.974 bits per heavy atom. The van der Waals surface area contributed by atoms with Crippen LogP contribution >= 0.6 is 0 Å². The second-order valence-electron chi connectivity index (χ2n) is 10.1. The molecule has 0 spiro atoms. The van der Waals surface area contributed by atoms with Gasteiger partial charge in [-0.15, -0.1) is 0 Å². The smallest absolute Gasteiger partial charge is 0.193 e. The van der Waals surface area contributed by atoms with Crippen molar-refractivity contribution in [3.63, 3.8) is 0 Å². The Morgan fingerprint density at radius 1 is 0.579 bits per heavy atom. The monoisotopic (exact) mass is 514 g/mol. The van der Waals surface area contributed by atoms with Gasteiger partial charge >= 0.3 is 0 Å². The second-order valence-corrected chi connectivity index (χ2v) is 10.1. The van der Waals surface area contributed by atoms with Crippen LogP contribution in [0.3, 0.4) is 0 Å². The van der Waals surface area contributed by atoms with Crippen LogP contribution in [0.4, 0.5) is 0 Å². The molecule has 2 aliphatic heterocycles. The zero-order valence-corrected chi connectivity index (χ0v) is 20.2. The summed E-state index contributed by atoms with van der Waals surface area (Å²) in [5.74, 6) is -7.75. The van der Waals surface area contributed by atoms with Gasteiger partial charge < -0.3 is 9.47 Å². The predicted octanol–water partition coefficient (Wildman–Crippen LogP) is 2.12. The summed E-state index contributed by atoms with van der Waals surface area (Å²) in [6, 6.07) is 8.10. The molecule has 0 amide bonds. The van der Waals surface area contributed by atoms with Crippen molar-refractivity contribution >= 4 is 40.5 Å². The maximum absolute atomic E-state index is 13.3. The molecule has 9 nitrogen and oxygen atoms in total. The molecule has 2 aromatic rings. The van der Waals surface area contributed by atoms with Crippen molar-refractivity contribution in [2.45, 2.75) is 12.8 Å². The normalized spacial score (nSPS) is 26.1. The Balaban J connectivity index is 1.26. The van der Waals surface area contributed by atoms with E-state index in [0.29, 0.717) is 26.1 Å². The molecule has 2 heterocycles. The van der Waals surface area contributed by atoms with Gasteiger partial charge in [0.05, 0.1) is 13.2 Å². The number of carbonyl (C=O) groups excluding carboxylic acids is 7. The lowest BCUT2D eigenvalue weighted by Crippen LogP contribution is -2.31. The van der Waals surface area contributed by atoms with Crippen LogP contribution in [0, 0.1) is 23.7 Å². The third-order valence-corrected chi connectivity index (χ3v) is 7.91. The molecule has 4 aliphatic rings. The number of rotatable bonds is 6. The van der Waals surface area contributed by atoms with E-state index in [1.165, 1.54) is 36.4 Å². The highest BCUT2D eigenvalue weighted by molar-refractivity contribution is 6.37. The Bertz CT molecular complexity index is 1360. The average molecular weight is 514 g/mol. The van der Waals surface area contributed by atoms with E-state index in [0.717, 1.165) is 0 Å². The van der Waals surface area contributed by atoms with Gasteiger partial charge in [0.1, 0.15) is 11.8 Å². The highest BCUT2D eigenvalue weighted by Gasteiger charge is 2.47. The van der Waals surface area contributed by atoms with Crippen molar-refractivity contribution < 1.29 is 43.0 Å². The van der Waals surface area contributed by atoms with Gasteiger partial charge in [-0.3, -0.25) is 33.6 Å². The molecule has 0 radical (unpaired) electrons. The first-order chi connectivity index (χ1) is 18.3. The van der Waals surface area contributed by atoms with Crippen molar-refractivity contribution in [3.05, 3.63) is 69.8 Å². The van der Waals surface area contributed by atoms with E-state index in [1.54, 1.807) is 0 Å². The van der Waals surface area contributed by atoms with Crippen molar-refractivity contribution in [1.29, 1.82) is 0 Å². The second kappa shape index (κ2) is 9.11. The van der Waals surface area contributed by atoms with Crippen LogP contribution in [0.1, 0.15) is 70.2 Å². The Hall–Kier alpha value is -3.95. The lowest BCUT2D eigenvalue weighted by Gasteiger charge is -2.10. The summed E-state index contributed by atoms with van der Waals surface area (Å²) in [6.07, 6.45) is 0.910. The standard InChI is InChI=1S/C29H22O9/c30-23(13-1-3-17-19(9-13)28(35)21(26(17)33)24(31)15-5-7-37-11-15)14-2-4-18-20(10-14)29(36)22(27(18)34)25(32)16-6-8-38-12-16/h1-4,9-10,15-16,21-22H,5-8,11-12H2. The topological polar surface area (TPSA) is 138 Å². The Kier molecular flexibility index (Phi) is 5.85. The van der Waals surface area contributed by atoms with E-state index in [2.05, 4.69) is 0 Å². The Labute approximate surface area is 216 Å². The molecule has 192 valence electrons. The highest BCUT2D eigenvalue weighted by atomic mass is 16.5. The SMILES string of the molecule is O=C(c1ccc2c(c1)C(=O)C(C(=O)C1CCOC1)C2=O)c1ccc2c(c1)C(=O)C(C(=O)C1CCOC1)C2=O. The molecule has 6 rings (SSSR count). The molecule has 2 aromatic carbocycles. The number of ether oxygens (including phenoxy) is 2. The summed E-state index contributed by atoms with van der Waals surface area (Å²) in [7, 11) is 0. The number of benzene rings is 2. The van der Waals surface area contributed by atoms with E-state index in [1.807, 2.05) is 0 Å². The first-order valence-electron chi connectivity index (χ1n) is 12.5. The van der Waals surface area contributed by atoms with Crippen molar-refractivity contribution in [2.24, 2.45) is 23.7 Å². The lowest BCUT2D eigenvalue weighted by molar-refractivity contribution is -0.125. The van der Waals surface area contributed by atoms with Crippen LogP contribution in [0.25, 0.3) is 0 Å². The van der Waals surface area contributed by atoms with E-state index in [-0.39, 0.29) is 46.6 Å². The van der Waals surface area contributed by atoms with Gasteiger partial charge in [0.2, 0.25) is 0 Å². The average Bonchev–Trinajstić information content (AvgIpc) is 3.72. The molecule has 4 atom stereocenters. The third-order valence-electron chi connectivity index (χ3n) is 7.91. The van der Waals surface area contributed by atoms with Gasteiger partial charge in [-0.2, -0.15) is 0 Å². The lowest BCUT2D eigenvalue weighted by atomic mass is 9.89. The molecule has 9 heteroatoms. The molecular formula is C29H22O9. The number of hydrogen-bond acceptors (Lipinski definition) is 9. The maximum atomic E-state index is 13.3. The van der Waals surface area contributed by atoms with E-state index in [9.17, 15) is 33.6 Å². The molecule has 2 fully saturated rings. The zero-order valence-electron chi connectivity index (χ0n) is 20.2. The molecular weight excluding hydrogens is 492 g/mol. The summed E-state index contributed by atoms with van der Waals surface area (Å²) < 4.78 is 10.4. The van der Waals surface area contributed by atoms with Crippen LogP contribution in [0.5, 0.6) is 0 Å². The maximum Gasteiger partial charge on any atom is 0.193 e. The largest absolute Gasteiger partial charge is 0.381 e. The summed E-state index contributed by atoms with van der Waals surface area (Å²) in [4.78, 5) is 90.8. The first kappa shape index (κ1) is 24.4. The van der Waals surface area contributed by atoms with Crippen LogP contribution in [0.2, 0.25) is 0 Å². The molecule has 0 bridgehead atoms. The zero-order chi connectivity index (χ0) is 26.7. The van der Waals surface area contributed by atoms with E-state index in [4.69, 9.17) is 9.47 Å². The first-order valence-corrected chi connectivity index (χ1v) is 12.5. The quantitative estimate of drug-likeness (QED) is 0.419. The molecule has 4 unspecified atom stereocenters. The number of fused-ring (bicyclic) bond motifs is 2. The number of carbonyl (C=O) groups is 7. The molecule has 38 heavy (non-hydrogen) atoms. The molecule has 0 saturated carbocycles. The Morgan fingerprint density at radius 3 is 1.34 bits per heavy atom. The number of ketones is 7. The molecule has 2 aliphatic carbocycles.